The summed E-state index contributed by atoms with van der Waals surface area (Å²) >= 11 is 5.72. The van der Waals surface area contributed by atoms with Crippen LogP contribution in [0, 0.1) is 0 Å². The Hall–Kier alpha value is -0.800. The molecular weight excluding hydrogens is 212 g/mol. The number of pyridine rings is 1. The van der Waals surface area contributed by atoms with Crippen LogP contribution in [0.4, 0.5) is 0 Å². The Morgan fingerprint density at radius 2 is 2.07 bits per heavy atom. The highest BCUT2D eigenvalue weighted by Crippen LogP contribution is 2.18. The highest BCUT2D eigenvalue weighted by Gasteiger charge is 2.13. The molecule has 1 aromatic heterocycles. The van der Waals surface area contributed by atoms with E-state index in [2.05, 4.69) is 10.5 Å². The first-order chi connectivity index (χ1) is 7.34. The monoisotopic (exact) mass is 226 g/mol. The number of nitrogens with one attached hydrogen (secondary N) is 1. The molecule has 2 rings (SSSR count). The van der Waals surface area contributed by atoms with Gasteiger partial charge in [0.1, 0.15) is 0 Å². The van der Waals surface area contributed by atoms with E-state index in [1.54, 1.807) is 18.3 Å². The quantitative estimate of drug-likeness (QED) is 0.805. The van der Waals surface area contributed by atoms with Crippen LogP contribution in [0.3, 0.4) is 0 Å². The van der Waals surface area contributed by atoms with Crippen molar-refractivity contribution in [3.05, 3.63) is 23.4 Å². The fraction of sp³-hybridized carbons (Fsp3) is 0.545. The molecule has 0 spiro atoms. The van der Waals surface area contributed by atoms with Gasteiger partial charge in [-0.15, -0.1) is 0 Å². The summed E-state index contributed by atoms with van der Waals surface area (Å²) in [7, 11) is 0. The molecule has 0 bridgehead atoms. The number of nitrogens with zero attached hydrogens (tertiary/aromatic N) is 1. The zero-order chi connectivity index (χ0) is 10.5. The van der Waals surface area contributed by atoms with Crippen molar-refractivity contribution in [1.29, 1.82) is 0 Å². The predicted octanol–water partition coefficient (Wildman–Crippen LogP) is 2.95. The molecule has 1 aromatic rings. The molecule has 4 heteroatoms. The Kier molecular flexibility index (Phi) is 3.80. The standard InChI is InChI=1S/C11H15ClN2O/c12-9-6-7-11(13-8-9)15-14-10-4-2-1-3-5-10/h6-8,10,14H,1-5H2. The lowest BCUT2D eigenvalue weighted by molar-refractivity contribution is 0.127. The maximum Gasteiger partial charge on any atom is 0.237 e. The van der Waals surface area contributed by atoms with E-state index in [1.807, 2.05) is 0 Å². The molecule has 0 aromatic carbocycles. The molecule has 0 amide bonds. The number of aromatic nitrogens is 1. The third-order valence-corrected chi connectivity index (χ3v) is 2.86. The Balaban J connectivity index is 1.79. The van der Waals surface area contributed by atoms with Crippen molar-refractivity contribution in [2.45, 2.75) is 38.1 Å². The van der Waals surface area contributed by atoms with Gasteiger partial charge in [0.2, 0.25) is 5.88 Å². The number of rotatable bonds is 3. The van der Waals surface area contributed by atoms with Crippen LogP contribution in [0.5, 0.6) is 5.88 Å². The molecule has 0 saturated heterocycles. The first-order valence-corrected chi connectivity index (χ1v) is 5.76. The SMILES string of the molecule is Clc1ccc(ONC2CCCCC2)nc1. The van der Waals surface area contributed by atoms with Crippen molar-refractivity contribution in [3.8, 4) is 5.88 Å². The number of hydrogen-bond donors (Lipinski definition) is 1. The molecule has 0 unspecified atom stereocenters. The van der Waals surface area contributed by atoms with Crippen LogP contribution in [-0.4, -0.2) is 11.0 Å². The second kappa shape index (κ2) is 5.33. The summed E-state index contributed by atoms with van der Waals surface area (Å²) in [5.41, 5.74) is 3.05. The molecule has 1 saturated carbocycles. The molecule has 0 aliphatic heterocycles. The minimum Gasteiger partial charge on any atom is -0.388 e. The first kappa shape index (κ1) is 10.7. The van der Waals surface area contributed by atoms with Crippen molar-refractivity contribution < 1.29 is 4.84 Å². The van der Waals surface area contributed by atoms with Gasteiger partial charge >= 0.3 is 0 Å². The Morgan fingerprint density at radius 1 is 1.27 bits per heavy atom. The summed E-state index contributed by atoms with van der Waals surface area (Å²) in [4.78, 5) is 9.43. The van der Waals surface area contributed by atoms with E-state index in [0.717, 1.165) is 0 Å². The maximum atomic E-state index is 5.72. The van der Waals surface area contributed by atoms with Gasteiger partial charge in [0.25, 0.3) is 0 Å². The van der Waals surface area contributed by atoms with E-state index in [1.165, 1.54) is 32.1 Å². The second-order valence-corrected chi connectivity index (χ2v) is 4.31. The molecule has 0 radical (unpaired) electrons. The van der Waals surface area contributed by atoms with E-state index in [0.29, 0.717) is 16.9 Å². The predicted molar refractivity (Wildman–Crippen MR) is 59.9 cm³/mol. The number of hydroxylamine groups is 1. The smallest absolute Gasteiger partial charge is 0.237 e. The average molecular weight is 227 g/mol. The Morgan fingerprint density at radius 3 is 2.73 bits per heavy atom. The molecule has 3 nitrogen and oxygen atoms in total. The molecule has 0 atom stereocenters. The fourth-order valence-electron chi connectivity index (χ4n) is 1.79. The van der Waals surface area contributed by atoms with Crippen molar-refractivity contribution in [1.82, 2.24) is 10.5 Å². The van der Waals surface area contributed by atoms with Crippen LogP contribution < -0.4 is 10.3 Å². The van der Waals surface area contributed by atoms with Gasteiger partial charge < -0.3 is 4.84 Å². The van der Waals surface area contributed by atoms with Crippen LogP contribution in [0.2, 0.25) is 5.02 Å². The maximum absolute atomic E-state index is 5.72. The van der Waals surface area contributed by atoms with Crippen molar-refractivity contribution >= 4 is 11.6 Å². The van der Waals surface area contributed by atoms with Gasteiger partial charge in [0.05, 0.1) is 5.02 Å². The fourth-order valence-corrected chi connectivity index (χ4v) is 1.90. The highest BCUT2D eigenvalue weighted by molar-refractivity contribution is 6.30. The molecule has 1 aliphatic rings. The molecule has 1 N–H and O–H groups in total. The van der Waals surface area contributed by atoms with Gasteiger partial charge in [-0.25, -0.2) is 4.98 Å². The lowest BCUT2D eigenvalue weighted by Gasteiger charge is -2.21. The number of hydrogen-bond acceptors (Lipinski definition) is 3. The summed E-state index contributed by atoms with van der Waals surface area (Å²) in [6.07, 6.45) is 7.88. The summed E-state index contributed by atoms with van der Waals surface area (Å²) in [6.45, 7) is 0. The Bertz CT molecular complexity index is 296. The molecule has 1 fully saturated rings. The molecule has 1 aliphatic carbocycles. The van der Waals surface area contributed by atoms with Gasteiger partial charge in [0.15, 0.2) is 0 Å². The third kappa shape index (κ3) is 3.36. The van der Waals surface area contributed by atoms with Gasteiger partial charge in [-0.3, -0.25) is 0 Å². The average Bonchev–Trinajstić information content (AvgIpc) is 2.30. The first-order valence-electron chi connectivity index (χ1n) is 5.38. The van der Waals surface area contributed by atoms with Crippen molar-refractivity contribution in [2.24, 2.45) is 0 Å². The highest BCUT2D eigenvalue weighted by atomic mass is 35.5. The molecule has 1 heterocycles. The summed E-state index contributed by atoms with van der Waals surface area (Å²) in [6, 6.07) is 4.00. The lowest BCUT2D eigenvalue weighted by atomic mass is 9.96. The van der Waals surface area contributed by atoms with Gasteiger partial charge in [-0.2, -0.15) is 5.48 Å². The van der Waals surface area contributed by atoms with E-state index in [-0.39, 0.29) is 0 Å². The van der Waals surface area contributed by atoms with Crippen molar-refractivity contribution in [2.75, 3.05) is 0 Å². The van der Waals surface area contributed by atoms with Gasteiger partial charge in [-0.1, -0.05) is 30.9 Å². The van der Waals surface area contributed by atoms with E-state index in [9.17, 15) is 0 Å². The summed E-state index contributed by atoms with van der Waals surface area (Å²) < 4.78 is 0. The summed E-state index contributed by atoms with van der Waals surface area (Å²) in [5.74, 6) is 0.574. The van der Waals surface area contributed by atoms with E-state index >= 15 is 0 Å². The lowest BCUT2D eigenvalue weighted by Crippen LogP contribution is -2.33. The molecule has 15 heavy (non-hydrogen) atoms. The van der Waals surface area contributed by atoms with Crippen molar-refractivity contribution in [3.63, 3.8) is 0 Å². The largest absolute Gasteiger partial charge is 0.388 e. The third-order valence-electron chi connectivity index (χ3n) is 2.64. The topological polar surface area (TPSA) is 34.1 Å². The minimum absolute atomic E-state index is 0.469. The van der Waals surface area contributed by atoms with Gasteiger partial charge in [0, 0.05) is 18.3 Å². The normalized spacial score (nSPS) is 17.7. The van der Waals surface area contributed by atoms with Gasteiger partial charge in [-0.05, 0) is 18.9 Å². The number of halogens is 1. The van der Waals surface area contributed by atoms with E-state index < -0.39 is 0 Å². The minimum atomic E-state index is 0.469. The van der Waals surface area contributed by atoms with Crippen LogP contribution in [0.25, 0.3) is 0 Å². The van der Waals surface area contributed by atoms with E-state index in [4.69, 9.17) is 16.4 Å². The second-order valence-electron chi connectivity index (χ2n) is 3.87. The van der Waals surface area contributed by atoms with Crippen LogP contribution in [0.1, 0.15) is 32.1 Å². The molecular formula is C11H15ClN2O. The Labute approximate surface area is 94.8 Å². The van der Waals surface area contributed by atoms with Crippen LogP contribution >= 0.6 is 11.6 Å². The molecule has 82 valence electrons. The zero-order valence-corrected chi connectivity index (χ0v) is 9.33. The van der Waals surface area contributed by atoms with Crippen LogP contribution in [-0.2, 0) is 0 Å². The zero-order valence-electron chi connectivity index (χ0n) is 8.58. The van der Waals surface area contributed by atoms with Crippen LogP contribution in [0.15, 0.2) is 18.3 Å². The summed E-state index contributed by atoms with van der Waals surface area (Å²) in [5, 5.41) is 0.625.